The van der Waals surface area contributed by atoms with Crippen LogP contribution in [-0.2, 0) is 0 Å². The highest BCUT2D eigenvalue weighted by Gasteiger charge is 2.17. The second-order valence-electron chi connectivity index (χ2n) is 10.1. The molecule has 0 aliphatic carbocycles. The molecule has 8 rings (SSSR count). The van der Waals surface area contributed by atoms with Gasteiger partial charge in [-0.2, -0.15) is 0 Å². The van der Waals surface area contributed by atoms with Crippen molar-refractivity contribution in [3.63, 3.8) is 0 Å². The Hall–Kier alpha value is -4.94. The predicted molar refractivity (Wildman–Crippen MR) is 176 cm³/mol. The Balaban J connectivity index is 0.00000130. The van der Waals surface area contributed by atoms with E-state index in [0.29, 0.717) is 0 Å². The van der Waals surface area contributed by atoms with Crippen LogP contribution in [0.4, 0.5) is 0 Å². The third kappa shape index (κ3) is 3.84. The molecule has 0 aliphatic rings. The van der Waals surface area contributed by atoms with Crippen molar-refractivity contribution in [2.45, 2.75) is 13.8 Å². The first-order valence-corrected chi connectivity index (χ1v) is 14.2. The van der Waals surface area contributed by atoms with E-state index in [0.717, 1.165) is 0 Å². The smallest absolute Gasteiger partial charge is 0.00261 e. The van der Waals surface area contributed by atoms with E-state index >= 15 is 0 Å². The molecular formula is C40H30. The molecule has 0 aliphatic heterocycles. The Morgan fingerprint density at radius 3 is 1.23 bits per heavy atom. The first kappa shape index (κ1) is 24.1. The van der Waals surface area contributed by atoms with Crippen molar-refractivity contribution in [1.29, 1.82) is 0 Å². The minimum Gasteiger partial charge on any atom is -0.0683 e. The highest BCUT2D eigenvalue weighted by Crippen LogP contribution is 2.44. The fourth-order valence-corrected chi connectivity index (χ4v) is 6.25. The third-order valence-electron chi connectivity index (χ3n) is 8.01. The Labute approximate surface area is 235 Å². The van der Waals surface area contributed by atoms with Gasteiger partial charge in [-0.3, -0.25) is 0 Å². The molecule has 8 aromatic rings. The van der Waals surface area contributed by atoms with Crippen LogP contribution in [0.25, 0.3) is 76.1 Å². The summed E-state index contributed by atoms with van der Waals surface area (Å²) in [6, 6.07) is 53.4. The van der Waals surface area contributed by atoms with Crippen LogP contribution in [0.3, 0.4) is 0 Å². The molecule has 0 amide bonds. The standard InChI is InChI=1S/C38H24.C2H6/c1-2-11-28-23-29(21-17-25(28)9-1)37-32-13-5-7-15-34(32)38(35-16-8-6-14-33(35)37)30-22-20-27-19-18-26-10-3-4-12-31(26)36(27)24-30;1-2/h1-24H;1-2H3. The zero-order chi connectivity index (χ0) is 27.1. The van der Waals surface area contributed by atoms with Gasteiger partial charge in [-0.05, 0) is 88.2 Å². The fourth-order valence-electron chi connectivity index (χ4n) is 6.25. The quantitative estimate of drug-likeness (QED) is 0.160. The highest BCUT2D eigenvalue weighted by molar-refractivity contribution is 6.22. The SMILES string of the molecule is CC.c1ccc2cc(-c3c4ccccc4c(-c4ccc5ccc6ccccc6c5c4)c4ccccc34)ccc2c1. The van der Waals surface area contributed by atoms with Crippen molar-refractivity contribution >= 4 is 53.9 Å². The molecule has 190 valence electrons. The van der Waals surface area contributed by atoms with E-state index in [2.05, 4.69) is 146 Å². The van der Waals surface area contributed by atoms with Crippen molar-refractivity contribution in [2.75, 3.05) is 0 Å². The monoisotopic (exact) mass is 510 g/mol. The van der Waals surface area contributed by atoms with Gasteiger partial charge in [0, 0.05) is 0 Å². The summed E-state index contributed by atoms with van der Waals surface area (Å²) < 4.78 is 0. The molecule has 0 N–H and O–H groups in total. The number of hydrogen-bond acceptors (Lipinski definition) is 0. The number of benzene rings is 8. The minimum atomic E-state index is 1.26. The van der Waals surface area contributed by atoms with Gasteiger partial charge in [0.1, 0.15) is 0 Å². The summed E-state index contributed by atoms with van der Waals surface area (Å²) in [5, 5.41) is 12.8. The van der Waals surface area contributed by atoms with Crippen molar-refractivity contribution < 1.29 is 0 Å². The molecule has 0 heteroatoms. The predicted octanol–water partition coefficient (Wildman–Crippen LogP) is 11.8. The fraction of sp³-hybridized carbons (Fsp3) is 0.0500. The van der Waals surface area contributed by atoms with Gasteiger partial charge in [-0.25, -0.2) is 0 Å². The molecule has 0 atom stereocenters. The zero-order valence-electron chi connectivity index (χ0n) is 22.9. The van der Waals surface area contributed by atoms with Crippen molar-refractivity contribution in [1.82, 2.24) is 0 Å². The maximum absolute atomic E-state index is 2.39. The topological polar surface area (TPSA) is 0 Å². The molecule has 0 unspecified atom stereocenters. The summed E-state index contributed by atoms with van der Waals surface area (Å²) in [5.74, 6) is 0. The van der Waals surface area contributed by atoms with Gasteiger partial charge in [0.15, 0.2) is 0 Å². The van der Waals surface area contributed by atoms with Crippen molar-refractivity contribution in [3.05, 3.63) is 146 Å². The lowest BCUT2D eigenvalue weighted by Crippen LogP contribution is -1.91. The minimum absolute atomic E-state index is 1.26. The summed E-state index contributed by atoms with van der Waals surface area (Å²) in [5.41, 5.74) is 5.12. The van der Waals surface area contributed by atoms with E-state index in [1.165, 1.54) is 76.1 Å². The van der Waals surface area contributed by atoms with E-state index in [9.17, 15) is 0 Å². The van der Waals surface area contributed by atoms with Gasteiger partial charge in [0.05, 0.1) is 0 Å². The van der Waals surface area contributed by atoms with Gasteiger partial charge >= 0.3 is 0 Å². The van der Waals surface area contributed by atoms with Crippen LogP contribution in [-0.4, -0.2) is 0 Å². The summed E-state index contributed by atoms with van der Waals surface area (Å²) in [6.45, 7) is 4.00. The number of fused-ring (bicyclic) bond motifs is 6. The first-order chi connectivity index (χ1) is 19.8. The second-order valence-corrected chi connectivity index (χ2v) is 10.1. The van der Waals surface area contributed by atoms with Crippen LogP contribution in [0.15, 0.2) is 146 Å². The van der Waals surface area contributed by atoms with E-state index in [1.807, 2.05) is 13.8 Å². The summed E-state index contributed by atoms with van der Waals surface area (Å²) in [4.78, 5) is 0. The Morgan fingerprint density at radius 1 is 0.275 bits per heavy atom. The molecular weight excluding hydrogens is 480 g/mol. The molecule has 0 heterocycles. The average molecular weight is 511 g/mol. The molecule has 0 saturated carbocycles. The van der Waals surface area contributed by atoms with Gasteiger partial charge in [0.2, 0.25) is 0 Å². The summed E-state index contributed by atoms with van der Waals surface area (Å²) >= 11 is 0. The number of rotatable bonds is 2. The van der Waals surface area contributed by atoms with Crippen LogP contribution in [0.2, 0.25) is 0 Å². The molecule has 0 fully saturated rings. The van der Waals surface area contributed by atoms with Crippen LogP contribution in [0.5, 0.6) is 0 Å². The van der Waals surface area contributed by atoms with E-state index in [4.69, 9.17) is 0 Å². The first-order valence-electron chi connectivity index (χ1n) is 14.2. The van der Waals surface area contributed by atoms with Crippen molar-refractivity contribution in [3.8, 4) is 22.3 Å². The van der Waals surface area contributed by atoms with Crippen molar-refractivity contribution in [2.24, 2.45) is 0 Å². The zero-order valence-corrected chi connectivity index (χ0v) is 22.9. The van der Waals surface area contributed by atoms with Crippen LogP contribution in [0.1, 0.15) is 13.8 Å². The van der Waals surface area contributed by atoms with Gasteiger partial charge in [-0.15, -0.1) is 0 Å². The van der Waals surface area contributed by atoms with E-state index < -0.39 is 0 Å². The Kier molecular flexibility index (Phi) is 6.02. The molecule has 0 bridgehead atoms. The highest BCUT2D eigenvalue weighted by atomic mass is 14.2. The lowest BCUT2D eigenvalue weighted by Gasteiger charge is -2.18. The van der Waals surface area contributed by atoms with E-state index in [1.54, 1.807) is 0 Å². The molecule has 40 heavy (non-hydrogen) atoms. The molecule has 0 saturated heterocycles. The lowest BCUT2D eigenvalue weighted by molar-refractivity contribution is 1.50. The van der Waals surface area contributed by atoms with Crippen LogP contribution < -0.4 is 0 Å². The summed E-state index contributed by atoms with van der Waals surface area (Å²) in [6.07, 6.45) is 0. The Morgan fingerprint density at radius 2 is 0.650 bits per heavy atom. The third-order valence-corrected chi connectivity index (χ3v) is 8.01. The largest absolute Gasteiger partial charge is 0.0683 e. The molecule has 8 aromatic carbocycles. The molecule has 0 spiro atoms. The number of hydrogen-bond donors (Lipinski definition) is 0. The molecule has 0 aromatic heterocycles. The Bertz CT molecular complexity index is 2130. The molecule has 0 nitrogen and oxygen atoms in total. The second kappa shape index (κ2) is 9.98. The maximum atomic E-state index is 2.39. The van der Waals surface area contributed by atoms with Crippen LogP contribution in [0, 0.1) is 0 Å². The average Bonchev–Trinajstić information content (AvgIpc) is 3.04. The van der Waals surface area contributed by atoms with Gasteiger partial charge in [0.25, 0.3) is 0 Å². The van der Waals surface area contributed by atoms with Crippen LogP contribution >= 0.6 is 0 Å². The van der Waals surface area contributed by atoms with Gasteiger partial charge < -0.3 is 0 Å². The maximum Gasteiger partial charge on any atom is -0.00261 e. The summed E-state index contributed by atoms with van der Waals surface area (Å²) in [7, 11) is 0. The van der Waals surface area contributed by atoms with E-state index in [-0.39, 0.29) is 0 Å². The van der Waals surface area contributed by atoms with Gasteiger partial charge in [-0.1, -0.05) is 147 Å². The normalized spacial score (nSPS) is 11.2. The lowest BCUT2D eigenvalue weighted by atomic mass is 9.85. The molecule has 0 radical (unpaired) electrons.